The number of nitrogens with zero attached hydrogens (tertiary/aromatic N) is 2. The summed E-state index contributed by atoms with van der Waals surface area (Å²) in [6.45, 7) is 2.00. The van der Waals surface area contributed by atoms with E-state index in [2.05, 4.69) is 4.98 Å². The summed E-state index contributed by atoms with van der Waals surface area (Å²) in [4.78, 5) is 18.5. The van der Waals surface area contributed by atoms with Gasteiger partial charge in [0.25, 0.3) is 0 Å². The first-order chi connectivity index (χ1) is 12.1. The Balaban J connectivity index is 2.03. The van der Waals surface area contributed by atoms with Gasteiger partial charge in [0.2, 0.25) is 0 Å². The first kappa shape index (κ1) is 16.9. The quantitative estimate of drug-likeness (QED) is 0.554. The summed E-state index contributed by atoms with van der Waals surface area (Å²) in [6, 6.07) is 6.16. The molecule has 0 aliphatic rings. The van der Waals surface area contributed by atoms with E-state index >= 15 is 0 Å². The highest BCUT2D eigenvalue weighted by atomic mass is 32.1. The van der Waals surface area contributed by atoms with Crippen molar-refractivity contribution in [3.8, 4) is 11.3 Å². The predicted octanol–water partition coefficient (Wildman–Crippen LogP) is 4.12. The summed E-state index contributed by atoms with van der Waals surface area (Å²) >= 11 is 1.56. The molecule has 3 aromatic rings. The number of carbonyl (C=O) groups excluding carboxylic acids is 1. The highest BCUT2D eigenvalue weighted by molar-refractivity contribution is 7.17. The molecular formula is C19H16FN3OS. The molecule has 0 fully saturated rings. The molecule has 25 heavy (non-hydrogen) atoms. The van der Waals surface area contributed by atoms with Gasteiger partial charge in [-0.25, -0.2) is 9.37 Å². The monoisotopic (exact) mass is 353 g/mol. The predicted molar refractivity (Wildman–Crippen MR) is 99.7 cm³/mol. The number of fused-ring (bicyclic) bond motifs is 1. The van der Waals surface area contributed by atoms with Gasteiger partial charge in [-0.3, -0.25) is 9.20 Å². The van der Waals surface area contributed by atoms with E-state index in [1.54, 1.807) is 41.7 Å². The van der Waals surface area contributed by atoms with Gasteiger partial charge in [-0.2, -0.15) is 0 Å². The van der Waals surface area contributed by atoms with Gasteiger partial charge in [0.15, 0.2) is 10.7 Å². The number of aromatic nitrogens is 2. The molecule has 0 radical (unpaired) electrons. The molecule has 0 amide bonds. The average Bonchev–Trinajstić information content (AvgIpc) is 3.10. The Hall–Kier alpha value is -2.99. The molecule has 3 rings (SSSR count). The number of allylic oxidation sites excluding steroid dienone is 4. The fourth-order valence-electron chi connectivity index (χ4n) is 2.38. The minimum atomic E-state index is -0.300. The second-order valence-corrected chi connectivity index (χ2v) is 6.54. The lowest BCUT2D eigenvalue weighted by atomic mass is 10.1. The van der Waals surface area contributed by atoms with Crippen LogP contribution in [0.5, 0.6) is 0 Å². The van der Waals surface area contributed by atoms with Crippen LogP contribution in [0.4, 0.5) is 4.39 Å². The van der Waals surface area contributed by atoms with Crippen LogP contribution in [0.1, 0.15) is 10.6 Å². The number of rotatable bonds is 5. The lowest BCUT2D eigenvalue weighted by Crippen LogP contribution is -1.89. The highest BCUT2D eigenvalue weighted by Crippen LogP contribution is 2.29. The zero-order valence-corrected chi connectivity index (χ0v) is 14.3. The Kier molecular flexibility index (Phi) is 4.90. The van der Waals surface area contributed by atoms with E-state index in [0.29, 0.717) is 5.69 Å². The second kappa shape index (κ2) is 7.27. The van der Waals surface area contributed by atoms with Gasteiger partial charge in [0.05, 0.1) is 11.4 Å². The Morgan fingerprint density at radius 3 is 2.72 bits per heavy atom. The third-order valence-electron chi connectivity index (χ3n) is 3.48. The summed E-state index contributed by atoms with van der Waals surface area (Å²) in [5.74, 6) is -0.462. The number of aryl methyl sites for hydroxylation is 1. The molecule has 2 N–H and O–H groups in total. The van der Waals surface area contributed by atoms with Crippen LogP contribution >= 0.6 is 11.3 Å². The van der Waals surface area contributed by atoms with E-state index in [1.807, 2.05) is 17.5 Å². The number of hydrogen-bond donors (Lipinski definition) is 1. The molecule has 0 saturated heterocycles. The molecule has 0 aliphatic heterocycles. The van der Waals surface area contributed by atoms with Crippen molar-refractivity contribution in [2.75, 3.05) is 0 Å². The maximum atomic E-state index is 13.2. The van der Waals surface area contributed by atoms with Gasteiger partial charge >= 0.3 is 0 Å². The van der Waals surface area contributed by atoms with Gasteiger partial charge in [-0.1, -0.05) is 6.08 Å². The first-order valence-corrected chi connectivity index (χ1v) is 8.41. The molecule has 2 heterocycles. The van der Waals surface area contributed by atoms with Crippen LogP contribution in [0.15, 0.2) is 61.0 Å². The topological polar surface area (TPSA) is 60.4 Å². The molecule has 0 atom stereocenters. The smallest absolute Gasteiger partial charge is 0.194 e. The van der Waals surface area contributed by atoms with Gasteiger partial charge in [-0.05, 0) is 61.7 Å². The van der Waals surface area contributed by atoms with Gasteiger partial charge in [-0.15, -0.1) is 11.3 Å². The summed E-state index contributed by atoms with van der Waals surface area (Å²) in [6.07, 6.45) is 11.1. The van der Waals surface area contributed by atoms with Crippen molar-refractivity contribution in [1.29, 1.82) is 0 Å². The van der Waals surface area contributed by atoms with E-state index in [0.717, 1.165) is 21.1 Å². The number of benzene rings is 1. The summed E-state index contributed by atoms with van der Waals surface area (Å²) in [5, 5.41) is 0. The summed E-state index contributed by atoms with van der Waals surface area (Å²) in [7, 11) is 0. The van der Waals surface area contributed by atoms with E-state index < -0.39 is 0 Å². The molecule has 126 valence electrons. The highest BCUT2D eigenvalue weighted by Gasteiger charge is 2.14. The molecule has 1 aromatic carbocycles. The van der Waals surface area contributed by atoms with Gasteiger partial charge in [0, 0.05) is 16.6 Å². The van der Waals surface area contributed by atoms with Gasteiger partial charge < -0.3 is 5.73 Å². The Labute approximate surface area is 148 Å². The van der Waals surface area contributed by atoms with E-state index in [4.69, 9.17) is 5.73 Å². The van der Waals surface area contributed by atoms with Crippen LogP contribution in [0.2, 0.25) is 0 Å². The number of nitrogens with two attached hydrogens (primary N) is 1. The number of ketones is 1. The van der Waals surface area contributed by atoms with E-state index in [9.17, 15) is 9.18 Å². The molecule has 4 nitrogen and oxygen atoms in total. The molecule has 6 heteroatoms. The number of halogens is 1. The fraction of sp³-hybridized carbons (Fsp3) is 0.0526. The number of imidazole rings is 1. The maximum absolute atomic E-state index is 13.2. The third-order valence-corrected chi connectivity index (χ3v) is 4.38. The van der Waals surface area contributed by atoms with Crippen LogP contribution in [-0.2, 0) is 4.79 Å². The minimum Gasteiger partial charge on any atom is -0.405 e. The van der Waals surface area contributed by atoms with Crippen LogP contribution in [0, 0.1) is 12.7 Å². The van der Waals surface area contributed by atoms with Gasteiger partial charge in [0.1, 0.15) is 5.82 Å². The maximum Gasteiger partial charge on any atom is 0.194 e. The van der Waals surface area contributed by atoms with Crippen LogP contribution in [0.25, 0.3) is 22.3 Å². The Bertz CT molecular complexity index is 994. The average molecular weight is 353 g/mol. The largest absolute Gasteiger partial charge is 0.405 e. The van der Waals surface area contributed by atoms with Crippen LogP contribution in [-0.4, -0.2) is 15.2 Å². The molecule has 0 saturated carbocycles. The lowest BCUT2D eigenvalue weighted by Gasteiger charge is -2.00. The number of hydrogen-bond acceptors (Lipinski definition) is 4. The molecule has 0 aliphatic carbocycles. The fourth-order valence-corrected chi connectivity index (χ4v) is 3.22. The summed E-state index contributed by atoms with van der Waals surface area (Å²) in [5.41, 5.74) is 7.51. The SMILES string of the molecule is Cc1cn2c(/C=C/C(=O)/C=C/C=C\N)c(-c3ccc(F)cc3)nc2s1. The van der Waals surface area contributed by atoms with Crippen LogP contribution in [0.3, 0.4) is 0 Å². The van der Waals surface area contributed by atoms with Crippen LogP contribution < -0.4 is 5.73 Å². The second-order valence-electron chi connectivity index (χ2n) is 5.33. The molecular weight excluding hydrogens is 337 g/mol. The van der Waals surface area contributed by atoms with Crippen molar-refractivity contribution in [2.45, 2.75) is 6.92 Å². The molecule has 0 spiro atoms. The lowest BCUT2D eigenvalue weighted by molar-refractivity contribution is -0.110. The Morgan fingerprint density at radius 1 is 1.24 bits per heavy atom. The molecule has 2 aromatic heterocycles. The van der Waals surface area contributed by atoms with Crippen molar-refractivity contribution < 1.29 is 9.18 Å². The number of thiazole rings is 1. The zero-order valence-electron chi connectivity index (χ0n) is 13.5. The van der Waals surface area contributed by atoms with Crippen molar-refractivity contribution in [1.82, 2.24) is 9.38 Å². The Morgan fingerprint density at radius 2 is 2.00 bits per heavy atom. The standard InChI is InChI=1S/C19H16FN3OS/c1-13-12-23-17(10-9-16(24)4-2-3-11-21)18(22-19(23)25-13)14-5-7-15(20)8-6-14/h2-12H,21H2,1H3/b4-2+,10-9+,11-3-. The van der Waals surface area contributed by atoms with E-state index in [-0.39, 0.29) is 11.6 Å². The zero-order chi connectivity index (χ0) is 17.8. The molecule has 0 unspecified atom stereocenters. The van der Waals surface area contributed by atoms with Crippen molar-refractivity contribution in [3.05, 3.63) is 77.4 Å². The van der Waals surface area contributed by atoms with E-state index in [1.165, 1.54) is 30.5 Å². The first-order valence-electron chi connectivity index (χ1n) is 7.60. The summed E-state index contributed by atoms with van der Waals surface area (Å²) < 4.78 is 15.1. The minimum absolute atomic E-state index is 0.162. The molecule has 0 bridgehead atoms. The van der Waals surface area contributed by atoms with Crippen molar-refractivity contribution in [3.63, 3.8) is 0 Å². The number of carbonyl (C=O) groups is 1. The normalized spacial score (nSPS) is 12.2. The van der Waals surface area contributed by atoms with Crippen molar-refractivity contribution >= 4 is 28.2 Å². The van der Waals surface area contributed by atoms with Crippen molar-refractivity contribution in [2.24, 2.45) is 5.73 Å². The third kappa shape index (κ3) is 3.75.